The number of nitrogens with two attached hydrogens (primary N) is 1. The zero-order valence-corrected chi connectivity index (χ0v) is 19.8. The maximum Gasteiger partial charge on any atom is 0.270 e. The molecule has 2 aliphatic rings. The molecule has 0 amide bonds. The van der Waals surface area contributed by atoms with Crippen molar-refractivity contribution in [2.75, 3.05) is 37.0 Å². The Morgan fingerprint density at radius 1 is 1.18 bits per heavy atom. The third-order valence-electron chi connectivity index (χ3n) is 6.41. The van der Waals surface area contributed by atoms with Crippen LogP contribution in [0.15, 0.2) is 34.9 Å². The summed E-state index contributed by atoms with van der Waals surface area (Å²) in [6, 6.07) is 7.84. The van der Waals surface area contributed by atoms with Gasteiger partial charge in [-0.2, -0.15) is 8.42 Å². The van der Waals surface area contributed by atoms with Crippen molar-refractivity contribution in [3.05, 3.63) is 36.0 Å². The normalized spacial score (nSPS) is 22.3. The molecule has 3 aromatic rings. The number of aromatic nitrogens is 4. The summed E-state index contributed by atoms with van der Waals surface area (Å²) < 4.78 is 34.4. The van der Waals surface area contributed by atoms with Crippen LogP contribution in [0.1, 0.15) is 18.4 Å². The molecule has 180 valence electrons. The summed E-state index contributed by atoms with van der Waals surface area (Å²) in [6.45, 7) is 2.16. The van der Waals surface area contributed by atoms with Gasteiger partial charge < -0.3 is 20.4 Å². The number of fused-ring (bicyclic) bond motifs is 1. The van der Waals surface area contributed by atoms with Crippen LogP contribution in [0.5, 0.6) is 0 Å². The zero-order valence-electron chi connectivity index (χ0n) is 19.0. The fourth-order valence-electron chi connectivity index (χ4n) is 4.85. The summed E-state index contributed by atoms with van der Waals surface area (Å²) in [4.78, 5) is 11.1. The molecule has 0 radical (unpaired) electrons. The van der Waals surface area contributed by atoms with Crippen LogP contribution in [0.2, 0.25) is 0 Å². The molecule has 5 rings (SSSR count). The van der Waals surface area contributed by atoms with Gasteiger partial charge in [-0.1, -0.05) is 12.1 Å². The Balaban J connectivity index is 1.35. The van der Waals surface area contributed by atoms with Gasteiger partial charge in [0.25, 0.3) is 16.0 Å². The molecule has 3 heterocycles. The van der Waals surface area contributed by atoms with Gasteiger partial charge in [0, 0.05) is 31.1 Å². The minimum Gasteiger partial charge on any atom is -0.414 e. The van der Waals surface area contributed by atoms with E-state index in [0.29, 0.717) is 29.9 Å². The number of rotatable bonds is 7. The van der Waals surface area contributed by atoms with E-state index < -0.39 is 10.1 Å². The molecule has 12 heteroatoms. The molecule has 0 spiro atoms. The van der Waals surface area contributed by atoms with Crippen molar-refractivity contribution in [2.24, 2.45) is 11.8 Å². The fourth-order valence-corrected chi connectivity index (χ4v) is 5.54. The van der Waals surface area contributed by atoms with Gasteiger partial charge in [-0.25, -0.2) is 9.97 Å². The van der Waals surface area contributed by atoms with E-state index in [2.05, 4.69) is 30.4 Å². The second-order valence-electron chi connectivity index (χ2n) is 8.85. The number of benzene rings is 1. The highest BCUT2D eigenvalue weighted by atomic mass is 32.2. The monoisotopic (exact) mass is 485 g/mol. The van der Waals surface area contributed by atoms with Crippen molar-refractivity contribution in [1.82, 2.24) is 25.5 Å². The first-order chi connectivity index (χ1) is 16.3. The van der Waals surface area contributed by atoms with Crippen LogP contribution in [0.25, 0.3) is 23.0 Å². The topological polar surface area (TPSA) is 149 Å². The number of nitrogens with one attached hydrogen (secondary N) is 1. The van der Waals surface area contributed by atoms with Crippen molar-refractivity contribution in [3.8, 4) is 23.0 Å². The Morgan fingerprint density at radius 2 is 1.94 bits per heavy atom. The van der Waals surface area contributed by atoms with Crippen LogP contribution in [0.4, 0.5) is 11.6 Å². The molecular weight excluding hydrogens is 458 g/mol. The van der Waals surface area contributed by atoms with Crippen LogP contribution in [0.3, 0.4) is 0 Å². The minimum atomic E-state index is -3.50. The number of nitrogens with zero attached hydrogens (tertiary/aromatic N) is 5. The predicted molar refractivity (Wildman–Crippen MR) is 126 cm³/mol. The Kier molecular flexibility index (Phi) is 5.96. The lowest BCUT2D eigenvalue weighted by molar-refractivity contribution is 0.168. The Morgan fingerprint density at radius 3 is 2.68 bits per heavy atom. The van der Waals surface area contributed by atoms with E-state index in [1.807, 2.05) is 31.3 Å². The fraction of sp³-hybridized carbons (Fsp3) is 0.455. The Bertz CT molecular complexity index is 1280. The minimum absolute atomic E-state index is 0.124. The molecule has 1 saturated carbocycles. The maximum absolute atomic E-state index is 11.6. The van der Waals surface area contributed by atoms with E-state index in [1.54, 1.807) is 6.20 Å². The zero-order chi connectivity index (χ0) is 23.9. The van der Waals surface area contributed by atoms with Gasteiger partial charge in [0.2, 0.25) is 5.89 Å². The van der Waals surface area contributed by atoms with E-state index in [9.17, 15) is 8.42 Å². The molecule has 3 N–H and O–H groups in total. The predicted octanol–water partition coefficient (Wildman–Crippen LogP) is 1.69. The van der Waals surface area contributed by atoms with E-state index in [4.69, 9.17) is 14.3 Å². The highest BCUT2D eigenvalue weighted by Gasteiger charge is 2.45. The van der Waals surface area contributed by atoms with Gasteiger partial charge >= 0.3 is 0 Å². The average molecular weight is 486 g/mol. The van der Waals surface area contributed by atoms with Gasteiger partial charge in [-0.15, -0.1) is 10.2 Å². The van der Waals surface area contributed by atoms with E-state index >= 15 is 0 Å². The smallest absolute Gasteiger partial charge is 0.270 e. The van der Waals surface area contributed by atoms with Gasteiger partial charge in [0.05, 0.1) is 18.6 Å². The molecule has 1 aromatic carbocycles. The highest BCUT2D eigenvalue weighted by Crippen LogP contribution is 2.41. The molecule has 1 unspecified atom stereocenters. The van der Waals surface area contributed by atoms with Crippen molar-refractivity contribution in [2.45, 2.75) is 25.5 Å². The third kappa shape index (κ3) is 4.61. The number of anilines is 2. The van der Waals surface area contributed by atoms with Gasteiger partial charge in [0.15, 0.2) is 11.5 Å². The van der Waals surface area contributed by atoms with Crippen LogP contribution in [0, 0.1) is 11.8 Å². The van der Waals surface area contributed by atoms with Gasteiger partial charge in [-0.3, -0.25) is 4.18 Å². The van der Waals surface area contributed by atoms with Crippen molar-refractivity contribution < 1.29 is 17.0 Å². The summed E-state index contributed by atoms with van der Waals surface area (Å²) in [5, 5.41) is 11.4. The molecule has 1 aliphatic heterocycles. The lowest BCUT2D eigenvalue weighted by atomic mass is 10.00. The van der Waals surface area contributed by atoms with Crippen molar-refractivity contribution >= 4 is 21.8 Å². The van der Waals surface area contributed by atoms with E-state index in [-0.39, 0.29) is 23.7 Å². The number of nitrogen functional groups attached to an aromatic ring is 1. The average Bonchev–Trinajstić information content (AvgIpc) is 3.52. The molecular formula is C22H27N7O4S. The van der Waals surface area contributed by atoms with Crippen LogP contribution in [-0.2, 0) is 20.8 Å². The molecule has 34 heavy (non-hydrogen) atoms. The Hall–Kier alpha value is -3.09. The molecule has 1 aliphatic carbocycles. The SMILES string of the molecule is CNCc1ccc(-c2nnc(-c3nc(N4C[C@H]5CCC(OS(C)(=O)=O)[C@H]5C4)cnc3N)o2)cc1. The lowest BCUT2D eigenvalue weighted by Gasteiger charge is -2.21. The molecule has 11 nitrogen and oxygen atoms in total. The molecule has 3 atom stereocenters. The van der Waals surface area contributed by atoms with Crippen molar-refractivity contribution in [3.63, 3.8) is 0 Å². The maximum atomic E-state index is 11.6. The molecule has 1 saturated heterocycles. The van der Waals surface area contributed by atoms with E-state index in [1.165, 1.54) is 0 Å². The highest BCUT2D eigenvalue weighted by molar-refractivity contribution is 7.86. The van der Waals surface area contributed by atoms with Crippen LogP contribution in [-0.4, -0.2) is 61.1 Å². The summed E-state index contributed by atoms with van der Waals surface area (Å²) in [6.07, 6.45) is 4.07. The summed E-state index contributed by atoms with van der Waals surface area (Å²) in [5.41, 5.74) is 8.36. The lowest BCUT2D eigenvalue weighted by Crippen LogP contribution is -2.28. The molecule has 2 fully saturated rings. The second-order valence-corrected chi connectivity index (χ2v) is 10.4. The first-order valence-corrected chi connectivity index (χ1v) is 13.0. The molecule has 2 aromatic heterocycles. The third-order valence-corrected chi connectivity index (χ3v) is 7.01. The second kappa shape index (κ2) is 8.93. The van der Waals surface area contributed by atoms with E-state index in [0.717, 1.165) is 43.3 Å². The van der Waals surface area contributed by atoms with Gasteiger partial charge in [0.1, 0.15) is 5.82 Å². The summed E-state index contributed by atoms with van der Waals surface area (Å²) >= 11 is 0. The number of hydrogen-bond donors (Lipinski definition) is 2. The van der Waals surface area contributed by atoms with Crippen LogP contribution >= 0.6 is 0 Å². The Labute approximate surface area is 197 Å². The first kappa shape index (κ1) is 22.7. The van der Waals surface area contributed by atoms with Gasteiger partial charge in [-0.05, 0) is 43.5 Å². The largest absolute Gasteiger partial charge is 0.414 e. The standard InChI is InChI=1S/C22H27N7O4S/c1-24-9-13-3-5-14(6-4-13)21-27-28-22(32-21)19-20(23)25-10-18(26-19)29-11-15-7-8-17(16(15)12-29)33-34(2,30)31/h3-6,10,15-17,24H,7-9,11-12H2,1-2H3,(H2,23,25)/t15-,16+,17?/m1/s1. The van der Waals surface area contributed by atoms with Crippen LogP contribution < -0.4 is 16.0 Å². The summed E-state index contributed by atoms with van der Waals surface area (Å²) in [7, 11) is -1.60. The quantitative estimate of drug-likeness (QED) is 0.471. The summed E-state index contributed by atoms with van der Waals surface area (Å²) in [5.74, 6) is 1.86. The first-order valence-electron chi connectivity index (χ1n) is 11.1. The van der Waals surface area contributed by atoms with Crippen molar-refractivity contribution in [1.29, 1.82) is 0 Å². The molecule has 0 bridgehead atoms. The number of hydrogen-bond acceptors (Lipinski definition) is 11.